The molecule has 0 fully saturated rings. The first-order chi connectivity index (χ1) is 43.0. The Morgan fingerprint density at radius 3 is 0.966 bits per heavy atom. The SMILES string of the molecule is CC/C=C\C/C=C\C/C=C\C/C=C\C/C=C\C/C=C\C/C=C\C/C=C\C/C=C\C/C=C\C/C=C\C/C=C\CCCCC(=O)OC(COC(=O)CCCCCCCCCCCCCCCCCCCCCCCCCCC)COP(=O)([O-])OCC[N+](C)(C)C. The number of phosphoric ester groups is 1. The molecule has 10 heteroatoms. The number of likely N-dealkylation sites (N-methyl/N-ethyl adjacent to an activating group) is 1. The summed E-state index contributed by atoms with van der Waals surface area (Å²) in [6.07, 6.45) is 99.4. The molecular formula is C78H132NO8P. The van der Waals surface area contributed by atoms with Crippen LogP contribution < -0.4 is 4.89 Å². The highest BCUT2D eigenvalue weighted by atomic mass is 31.2. The molecule has 0 aliphatic carbocycles. The summed E-state index contributed by atoms with van der Waals surface area (Å²) in [5, 5.41) is 0. The summed E-state index contributed by atoms with van der Waals surface area (Å²) in [5.41, 5.74) is 0. The molecule has 0 aliphatic rings. The molecule has 88 heavy (non-hydrogen) atoms. The van der Waals surface area contributed by atoms with Crippen LogP contribution in [0.25, 0.3) is 0 Å². The molecule has 0 rings (SSSR count). The lowest BCUT2D eigenvalue weighted by molar-refractivity contribution is -0.870. The number of rotatable bonds is 64. The summed E-state index contributed by atoms with van der Waals surface area (Å²) in [4.78, 5) is 38.0. The van der Waals surface area contributed by atoms with Gasteiger partial charge in [-0.15, -0.1) is 0 Å². The van der Waals surface area contributed by atoms with Gasteiger partial charge >= 0.3 is 11.9 Å². The van der Waals surface area contributed by atoms with Gasteiger partial charge in [0, 0.05) is 12.8 Å². The maximum atomic E-state index is 12.8. The van der Waals surface area contributed by atoms with E-state index in [9.17, 15) is 19.0 Å². The quantitative estimate of drug-likeness (QED) is 0.0195. The fraction of sp³-hybridized carbons (Fsp3) is 0.667. The van der Waals surface area contributed by atoms with E-state index in [1.54, 1.807) is 0 Å². The third-order valence-corrected chi connectivity index (χ3v) is 15.8. The Bertz CT molecular complexity index is 2000. The number of quaternary nitrogens is 1. The van der Waals surface area contributed by atoms with Crippen LogP contribution in [0, 0.1) is 0 Å². The predicted molar refractivity (Wildman–Crippen MR) is 378 cm³/mol. The van der Waals surface area contributed by atoms with Gasteiger partial charge < -0.3 is 27.9 Å². The Morgan fingerprint density at radius 1 is 0.364 bits per heavy atom. The highest BCUT2D eigenvalue weighted by molar-refractivity contribution is 7.45. The van der Waals surface area contributed by atoms with Crippen molar-refractivity contribution in [2.45, 2.75) is 290 Å². The molecule has 0 aromatic heterocycles. The van der Waals surface area contributed by atoms with Crippen molar-refractivity contribution in [2.24, 2.45) is 0 Å². The van der Waals surface area contributed by atoms with Crippen molar-refractivity contribution in [3.8, 4) is 0 Å². The fourth-order valence-corrected chi connectivity index (χ4v) is 10.2. The van der Waals surface area contributed by atoms with Crippen LogP contribution in [0.5, 0.6) is 0 Å². The van der Waals surface area contributed by atoms with Crippen LogP contribution in [0.15, 0.2) is 146 Å². The summed E-state index contributed by atoms with van der Waals surface area (Å²) >= 11 is 0. The van der Waals surface area contributed by atoms with Gasteiger partial charge in [-0.2, -0.15) is 0 Å². The molecule has 9 nitrogen and oxygen atoms in total. The summed E-state index contributed by atoms with van der Waals surface area (Å²) in [6, 6.07) is 0. The molecule has 0 saturated carbocycles. The Labute approximate surface area is 542 Å². The van der Waals surface area contributed by atoms with Gasteiger partial charge in [0.25, 0.3) is 7.82 Å². The molecule has 2 atom stereocenters. The van der Waals surface area contributed by atoms with Crippen molar-refractivity contribution >= 4 is 19.8 Å². The number of esters is 2. The summed E-state index contributed by atoms with van der Waals surface area (Å²) in [7, 11) is 1.13. The van der Waals surface area contributed by atoms with Crippen LogP contribution in [-0.2, 0) is 32.7 Å². The average molecular weight is 1240 g/mol. The predicted octanol–water partition coefficient (Wildman–Crippen LogP) is 22.7. The zero-order valence-electron chi connectivity index (χ0n) is 57.1. The van der Waals surface area contributed by atoms with Crippen molar-refractivity contribution in [3.63, 3.8) is 0 Å². The molecule has 0 aromatic carbocycles. The lowest BCUT2D eigenvalue weighted by Crippen LogP contribution is -2.37. The van der Waals surface area contributed by atoms with E-state index in [0.29, 0.717) is 17.4 Å². The van der Waals surface area contributed by atoms with Crippen molar-refractivity contribution in [1.29, 1.82) is 0 Å². The van der Waals surface area contributed by atoms with Gasteiger partial charge in [0.15, 0.2) is 6.10 Å². The summed E-state index contributed by atoms with van der Waals surface area (Å²) < 4.78 is 34.2. The number of carbonyl (C=O) groups excluding carboxylic acids is 2. The van der Waals surface area contributed by atoms with E-state index >= 15 is 0 Å². The molecule has 0 radical (unpaired) electrons. The van der Waals surface area contributed by atoms with Crippen molar-refractivity contribution in [3.05, 3.63) is 146 Å². The standard InChI is InChI=1S/C78H132NO8P/c1-6-8-10-12-14-16-18-20-22-24-26-28-30-32-33-34-35-36-37-38-39-40-41-42-43-44-45-47-49-51-53-55-57-59-61-63-65-67-69-71-78(81)87-76(75-86-88(82,83)85-73-72-79(3,4)5)74-84-77(80)70-68-66-64-62-60-58-56-54-52-50-48-46-31-29-27-25-23-21-19-17-15-13-11-9-7-2/h8,10,14,16,20,22,26,28,32-33,35-36,38-39,41-42,44-45,49,51,55,57,61,63,76H,6-7,9,11-13,15,17-19,21,23-25,27,29-31,34,37,40,43,46-48,50,52-54,56,58-60,62,64-75H2,1-5H3/b10-8-,16-14-,22-20-,28-26-,33-32-,36-35-,39-38-,42-41-,45-44-,51-49-,57-55-,63-61-. The Hall–Kier alpha value is -4.11. The topological polar surface area (TPSA) is 111 Å². The third kappa shape index (κ3) is 71.0. The third-order valence-electron chi connectivity index (χ3n) is 14.9. The molecule has 0 saturated heterocycles. The highest BCUT2D eigenvalue weighted by Crippen LogP contribution is 2.38. The van der Waals surface area contributed by atoms with E-state index in [1.165, 1.54) is 141 Å². The molecule has 502 valence electrons. The van der Waals surface area contributed by atoms with E-state index in [0.717, 1.165) is 109 Å². The number of phosphoric acid groups is 1. The molecule has 2 unspecified atom stereocenters. The molecule has 0 heterocycles. The lowest BCUT2D eigenvalue weighted by Gasteiger charge is -2.28. The van der Waals surface area contributed by atoms with E-state index in [-0.39, 0.29) is 26.1 Å². The van der Waals surface area contributed by atoms with Crippen LogP contribution >= 0.6 is 7.82 Å². The number of nitrogens with zero attached hydrogens (tertiary/aromatic N) is 1. The lowest BCUT2D eigenvalue weighted by atomic mass is 10.0. The van der Waals surface area contributed by atoms with Gasteiger partial charge in [0.2, 0.25) is 0 Å². The van der Waals surface area contributed by atoms with Crippen LogP contribution in [0.4, 0.5) is 0 Å². The van der Waals surface area contributed by atoms with Gasteiger partial charge in [-0.05, 0) is 103 Å². The van der Waals surface area contributed by atoms with Gasteiger partial charge in [0.1, 0.15) is 19.8 Å². The first-order valence-electron chi connectivity index (χ1n) is 35.5. The number of hydrogen-bond acceptors (Lipinski definition) is 8. The molecule has 0 aliphatic heterocycles. The van der Waals surface area contributed by atoms with Crippen LogP contribution in [0.1, 0.15) is 284 Å². The molecule has 0 N–H and O–H groups in total. The Morgan fingerprint density at radius 2 is 0.648 bits per heavy atom. The van der Waals surface area contributed by atoms with Crippen molar-refractivity contribution in [2.75, 3.05) is 47.5 Å². The number of allylic oxidation sites excluding steroid dienone is 24. The molecule has 0 bridgehead atoms. The second-order valence-corrected chi connectivity index (χ2v) is 25.9. The van der Waals surface area contributed by atoms with Crippen molar-refractivity contribution in [1.82, 2.24) is 0 Å². The van der Waals surface area contributed by atoms with Gasteiger partial charge in [-0.3, -0.25) is 14.2 Å². The molecule has 0 spiro atoms. The summed E-state index contributed by atoms with van der Waals surface area (Å²) in [5.74, 6) is -0.884. The number of ether oxygens (including phenoxy) is 2. The average Bonchev–Trinajstić information content (AvgIpc) is 3.68. The molecule has 0 amide bonds. The number of carbonyl (C=O) groups is 2. The number of hydrogen-bond donors (Lipinski definition) is 0. The van der Waals surface area contributed by atoms with E-state index < -0.39 is 32.5 Å². The minimum Gasteiger partial charge on any atom is -0.756 e. The van der Waals surface area contributed by atoms with Gasteiger partial charge in [0.05, 0.1) is 27.7 Å². The second kappa shape index (κ2) is 67.3. The fourth-order valence-electron chi connectivity index (χ4n) is 9.46. The first-order valence-corrected chi connectivity index (χ1v) is 37.0. The monoisotopic (exact) mass is 1240 g/mol. The van der Waals surface area contributed by atoms with E-state index in [4.69, 9.17) is 18.5 Å². The van der Waals surface area contributed by atoms with Crippen LogP contribution in [-0.4, -0.2) is 70.0 Å². The maximum Gasteiger partial charge on any atom is 0.306 e. The first kappa shape index (κ1) is 83.9. The number of unbranched alkanes of at least 4 members (excludes halogenated alkanes) is 26. The Kier molecular flexibility index (Phi) is 64.1. The van der Waals surface area contributed by atoms with Crippen molar-refractivity contribution < 1.29 is 42.1 Å². The zero-order chi connectivity index (χ0) is 64.1. The minimum atomic E-state index is -4.66. The highest BCUT2D eigenvalue weighted by Gasteiger charge is 2.22. The smallest absolute Gasteiger partial charge is 0.306 e. The van der Waals surface area contributed by atoms with E-state index in [1.807, 2.05) is 21.1 Å². The van der Waals surface area contributed by atoms with E-state index in [2.05, 4.69) is 160 Å². The largest absolute Gasteiger partial charge is 0.756 e. The molecular weight excluding hydrogens is 1110 g/mol. The van der Waals surface area contributed by atoms with Gasteiger partial charge in [-0.1, -0.05) is 314 Å². The van der Waals surface area contributed by atoms with Gasteiger partial charge in [-0.25, -0.2) is 0 Å². The zero-order valence-corrected chi connectivity index (χ0v) is 58.0. The van der Waals surface area contributed by atoms with Crippen LogP contribution in [0.2, 0.25) is 0 Å². The Balaban J connectivity index is 4.19. The van der Waals surface area contributed by atoms with Crippen LogP contribution in [0.3, 0.4) is 0 Å². The maximum absolute atomic E-state index is 12.8. The minimum absolute atomic E-state index is 0.0454. The second-order valence-electron chi connectivity index (χ2n) is 24.5. The molecule has 0 aromatic rings. The summed E-state index contributed by atoms with van der Waals surface area (Å²) in [6.45, 7) is 4.09. The normalized spacial score (nSPS) is 14.0.